The number of aromatic amines is 1. The SMILES string of the molecule is COC(=O)NCc1cc(-c2[nH]nnc2-c2ccc(C)cc2C)ccc1C. The molecule has 0 aliphatic heterocycles. The van der Waals surface area contributed by atoms with Crippen LogP contribution in [0.4, 0.5) is 4.79 Å². The molecule has 0 saturated heterocycles. The summed E-state index contributed by atoms with van der Waals surface area (Å²) in [5.74, 6) is 0. The number of nitrogens with zero attached hydrogens (tertiary/aromatic N) is 2. The van der Waals surface area contributed by atoms with Gasteiger partial charge in [-0.25, -0.2) is 4.79 Å². The molecule has 1 amide bonds. The monoisotopic (exact) mass is 350 g/mol. The summed E-state index contributed by atoms with van der Waals surface area (Å²) < 4.78 is 4.64. The molecule has 0 spiro atoms. The van der Waals surface area contributed by atoms with Gasteiger partial charge in [0, 0.05) is 17.7 Å². The minimum absolute atomic E-state index is 0.396. The van der Waals surface area contributed by atoms with Crippen LogP contribution < -0.4 is 5.32 Å². The van der Waals surface area contributed by atoms with Crippen LogP contribution in [0, 0.1) is 20.8 Å². The van der Waals surface area contributed by atoms with E-state index in [1.54, 1.807) is 0 Å². The highest BCUT2D eigenvalue weighted by Crippen LogP contribution is 2.31. The van der Waals surface area contributed by atoms with Gasteiger partial charge < -0.3 is 10.1 Å². The number of aromatic nitrogens is 3. The van der Waals surface area contributed by atoms with Gasteiger partial charge in [0.05, 0.1) is 12.8 Å². The molecule has 3 rings (SSSR count). The van der Waals surface area contributed by atoms with Crippen molar-refractivity contribution in [3.8, 4) is 22.5 Å². The molecule has 1 heterocycles. The van der Waals surface area contributed by atoms with Crippen molar-refractivity contribution in [1.29, 1.82) is 0 Å². The largest absolute Gasteiger partial charge is 0.453 e. The number of hydrogen-bond acceptors (Lipinski definition) is 4. The molecule has 0 unspecified atom stereocenters. The summed E-state index contributed by atoms with van der Waals surface area (Å²) in [6, 6.07) is 12.4. The van der Waals surface area contributed by atoms with Crippen molar-refractivity contribution in [2.24, 2.45) is 0 Å². The first kappa shape index (κ1) is 17.7. The van der Waals surface area contributed by atoms with Gasteiger partial charge in [-0.05, 0) is 43.5 Å². The zero-order valence-corrected chi connectivity index (χ0v) is 15.4. The van der Waals surface area contributed by atoms with Crippen LogP contribution in [0.25, 0.3) is 22.5 Å². The summed E-state index contributed by atoms with van der Waals surface area (Å²) in [7, 11) is 1.35. The number of carbonyl (C=O) groups is 1. The Kier molecular flexibility index (Phi) is 5.02. The van der Waals surface area contributed by atoms with Gasteiger partial charge in [0.15, 0.2) is 0 Å². The van der Waals surface area contributed by atoms with Crippen LogP contribution in [0.1, 0.15) is 22.3 Å². The van der Waals surface area contributed by atoms with Crippen LogP contribution in [-0.4, -0.2) is 28.6 Å². The molecule has 0 radical (unpaired) electrons. The number of amides is 1. The Labute approximate surface area is 152 Å². The second kappa shape index (κ2) is 7.39. The number of H-pyrrole nitrogens is 1. The zero-order chi connectivity index (χ0) is 18.7. The van der Waals surface area contributed by atoms with Gasteiger partial charge in [-0.2, -0.15) is 0 Å². The molecule has 3 aromatic rings. The topological polar surface area (TPSA) is 79.9 Å². The predicted molar refractivity (Wildman–Crippen MR) is 101 cm³/mol. The summed E-state index contributed by atoms with van der Waals surface area (Å²) in [5.41, 5.74) is 8.16. The standard InChI is InChI=1S/C20H22N4O2/c1-12-5-8-17(14(3)9-12)19-18(22-24-23-19)15-7-6-13(2)16(10-15)11-21-20(25)26-4/h5-10H,11H2,1-4H3,(H,21,25)(H,22,23,24). The molecule has 2 N–H and O–H groups in total. The summed E-state index contributed by atoms with van der Waals surface area (Å²) in [6.45, 7) is 6.55. The van der Waals surface area contributed by atoms with Crippen LogP contribution in [0.5, 0.6) is 0 Å². The van der Waals surface area contributed by atoms with Gasteiger partial charge in [-0.1, -0.05) is 41.1 Å². The molecule has 26 heavy (non-hydrogen) atoms. The smallest absolute Gasteiger partial charge is 0.407 e. The lowest BCUT2D eigenvalue weighted by atomic mass is 9.97. The number of ether oxygens (including phenoxy) is 1. The van der Waals surface area contributed by atoms with E-state index < -0.39 is 6.09 Å². The maximum atomic E-state index is 11.4. The molecule has 1 aromatic heterocycles. The van der Waals surface area contributed by atoms with Crippen molar-refractivity contribution >= 4 is 6.09 Å². The van der Waals surface area contributed by atoms with Crippen molar-refractivity contribution < 1.29 is 9.53 Å². The fraction of sp³-hybridized carbons (Fsp3) is 0.250. The number of methoxy groups -OCH3 is 1. The lowest BCUT2D eigenvalue weighted by Crippen LogP contribution is -2.22. The van der Waals surface area contributed by atoms with E-state index in [1.165, 1.54) is 12.7 Å². The van der Waals surface area contributed by atoms with Gasteiger partial charge >= 0.3 is 6.09 Å². The van der Waals surface area contributed by atoms with E-state index in [0.29, 0.717) is 6.54 Å². The van der Waals surface area contributed by atoms with E-state index in [1.807, 2.05) is 25.1 Å². The minimum atomic E-state index is -0.450. The van der Waals surface area contributed by atoms with E-state index in [4.69, 9.17) is 0 Å². The van der Waals surface area contributed by atoms with Crippen molar-refractivity contribution in [2.45, 2.75) is 27.3 Å². The van der Waals surface area contributed by atoms with E-state index in [0.717, 1.165) is 39.2 Å². The quantitative estimate of drug-likeness (QED) is 0.747. The van der Waals surface area contributed by atoms with Crippen LogP contribution in [0.15, 0.2) is 36.4 Å². The second-order valence-corrected chi connectivity index (χ2v) is 6.34. The first-order valence-corrected chi connectivity index (χ1v) is 8.40. The van der Waals surface area contributed by atoms with Gasteiger partial charge in [-0.3, -0.25) is 5.10 Å². The number of rotatable bonds is 4. The van der Waals surface area contributed by atoms with Crippen molar-refractivity contribution in [2.75, 3.05) is 7.11 Å². The van der Waals surface area contributed by atoms with E-state index in [2.05, 4.69) is 57.5 Å². The average molecular weight is 350 g/mol. The number of carbonyl (C=O) groups excluding carboxylic acids is 1. The fourth-order valence-electron chi connectivity index (χ4n) is 2.95. The summed E-state index contributed by atoms with van der Waals surface area (Å²) >= 11 is 0. The van der Waals surface area contributed by atoms with E-state index in [-0.39, 0.29) is 0 Å². The maximum absolute atomic E-state index is 11.4. The first-order valence-electron chi connectivity index (χ1n) is 8.40. The molecule has 0 atom stereocenters. The van der Waals surface area contributed by atoms with Crippen LogP contribution in [0.2, 0.25) is 0 Å². The molecule has 2 aromatic carbocycles. The molecule has 6 nitrogen and oxygen atoms in total. The number of hydrogen-bond donors (Lipinski definition) is 2. The average Bonchev–Trinajstić information content (AvgIpc) is 3.10. The second-order valence-electron chi connectivity index (χ2n) is 6.34. The molecular formula is C20H22N4O2. The molecule has 0 aliphatic carbocycles. The van der Waals surface area contributed by atoms with Crippen molar-refractivity contribution in [3.63, 3.8) is 0 Å². The summed E-state index contributed by atoms with van der Waals surface area (Å²) in [5, 5.41) is 14.0. The summed E-state index contributed by atoms with van der Waals surface area (Å²) in [6.07, 6.45) is -0.450. The molecular weight excluding hydrogens is 328 g/mol. The van der Waals surface area contributed by atoms with Crippen molar-refractivity contribution in [1.82, 2.24) is 20.7 Å². The van der Waals surface area contributed by atoms with Crippen molar-refractivity contribution in [3.05, 3.63) is 58.7 Å². The third kappa shape index (κ3) is 3.59. The third-order valence-corrected chi connectivity index (χ3v) is 4.43. The van der Waals surface area contributed by atoms with E-state index in [9.17, 15) is 4.79 Å². The van der Waals surface area contributed by atoms with Crippen LogP contribution in [-0.2, 0) is 11.3 Å². The first-order chi connectivity index (χ1) is 12.5. The number of benzene rings is 2. The number of nitrogens with one attached hydrogen (secondary N) is 2. The van der Waals surface area contributed by atoms with Gasteiger partial charge in [-0.15, -0.1) is 5.10 Å². The van der Waals surface area contributed by atoms with Crippen LogP contribution >= 0.6 is 0 Å². The molecule has 134 valence electrons. The lowest BCUT2D eigenvalue weighted by Gasteiger charge is -2.11. The molecule has 0 saturated carbocycles. The highest BCUT2D eigenvalue weighted by Gasteiger charge is 2.15. The fourth-order valence-corrected chi connectivity index (χ4v) is 2.95. The van der Waals surface area contributed by atoms with E-state index >= 15 is 0 Å². The third-order valence-electron chi connectivity index (χ3n) is 4.43. The molecule has 6 heteroatoms. The predicted octanol–water partition coefficient (Wildman–Crippen LogP) is 3.92. The Hall–Kier alpha value is -3.15. The molecule has 0 aliphatic rings. The number of alkyl carbamates (subject to hydrolysis) is 1. The number of aryl methyl sites for hydroxylation is 3. The van der Waals surface area contributed by atoms with Gasteiger partial charge in [0.1, 0.15) is 5.69 Å². The maximum Gasteiger partial charge on any atom is 0.407 e. The highest BCUT2D eigenvalue weighted by molar-refractivity contribution is 5.79. The Morgan fingerprint density at radius 2 is 1.92 bits per heavy atom. The Morgan fingerprint density at radius 1 is 1.12 bits per heavy atom. The minimum Gasteiger partial charge on any atom is -0.453 e. The lowest BCUT2D eigenvalue weighted by molar-refractivity contribution is 0.170. The van der Waals surface area contributed by atoms with Gasteiger partial charge in [0.25, 0.3) is 0 Å². The summed E-state index contributed by atoms with van der Waals surface area (Å²) in [4.78, 5) is 11.4. The molecule has 0 bridgehead atoms. The highest BCUT2D eigenvalue weighted by atomic mass is 16.5. The zero-order valence-electron chi connectivity index (χ0n) is 15.4. The molecule has 0 fully saturated rings. The van der Waals surface area contributed by atoms with Gasteiger partial charge in [0.2, 0.25) is 0 Å². The Balaban J connectivity index is 1.98. The normalized spacial score (nSPS) is 10.6. The van der Waals surface area contributed by atoms with Crippen LogP contribution in [0.3, 0.4) is 0 Å². The Morgan fingerprint density at radius 3 is 2.65 bits per heavy atom. The Bertz CT molecular complexity index is 947.